The van der Waals surface area contributed by atoms with E-state index in [1.54, 1.807) is 19.0 Å². The van der Waals surface area contributed by atoms with Crippen LogP contribution < -0.4 is 5.32 Å². The molecule has 5 heteroatoms. The van der Waals surface area contributed by atoms with E-state index in [0.717, 1.165) is 19.0 Å². The van der Waals surface area contributed by atoms with Crippen molar-refractivity contribution in [2.24, 2.45) is 10.9 Å². The molecule has 1 aliphatic heterocycles. The van der Waals surface area contributed by atoms with Crippen LogP contribution in [-0.4, -0.2) is 61.4 Å². The molecule has 1 saturated carbocycles. The standard InChI is InChI=1S/C16H30N4O/c1-13-7-6-10-20(12-13)16(17-11-15(21)19(2)3)18-14-8-4-5-9-14/h13-14H,4-12H2,1-3H3,(H,17,18). The van der Waals surface area contributed by atoms with Gasteiger partial charge in [0.05, 0.1) is 0 Å². The zero-order valence-electron chi connectivity index (χ0n) is 13.8. The number of carbonyl (C=O) groups excluding carboxylic acids is 1. The number of likely N-dealkylation sites (tertiary alicyclic amines) is 1. The summed E-state index contributed by atoms with van der Waals surface area (Å²) in [4.78, 5) is 20.4. The maximum absolute atomic E-state index is 11.8. The molecule has 1 heterocycles. The Bertz CT molecular complexity index is 374. The van der Waals surface area contributed by atoms with Crippen LogP contribution in [0.4, 0.5) is 0 Å². The minimum absolute atomic E-state index is 0.0609. The van der Waals surface area contributed by atoms with Crippen molar-refractivity contribution in [3.8, 4) is 0 Å². The number of hydrogen-bond donors (Lipinski definition) is 1. The number of piperidine rings is 1. The Labute approximate surface area is 128 Å². The second-order valence-corrected chi connectivity index (χ2v) is 6.75. The highest BCUT2D eigenvalue weighted by atomic mass is 16.2. The van der Waals surface area contributed by atoms with Crippen LogP contribution >= 0.6 is 0 Å². The number of amides is 1. The third-order valence-corrected chi connectivity index (χ3v) is 4.51. The number of nitrogens with zero attached hydrogens (tertiary/aromatic N) is 3. The molecule has 2 fully saturated rings. The molecule has 2 rings (SSSR count). The van der Waals surface area contributed by atoms with Gasteiger partial charge in [0.15, 0.2) is 5.96 Å². The first-order chi connectivity index (χ1) is 10.1. The van der Waals surface area contributed by atoms with Crippen molar-refractivity contribution in [3.05, 3.63) is 0 Å². The SMILES string of the molecule is CC1CCCN(C(=NCC(=O)N(C)C)NC2CCCC2)C1. The fraction of sp³-hybridized carbons (Fsp3) is 0.875. The molecule has 1 aliphatic carbocycles. The van der Waals surface area contributed by atoms with Gasteiger partial charge in [0, 0.05) is 33.2 Å². The summed E-state index contributed by atoms with van der Waals surface area (Å²) < 4.78 is 0. The molecule has 0 radical (unpaired) electrons. The molecule has 1 amide bonds. The summed E-state index contributed by atoms with van der Waals surface area (Å²) in [5.41, 5.74) is 0. The van der Waals surface area contributed by atoms with Gasteiger partial charge in [-0.25, -0.2) is 4.99 Å². The number of guanidine groups is 1. The topological polar surface area (TPSA) is 47.9 Å². The van der Waals surface area contributed by atoms with Gasteiger partial charge in [0.25, 0.3) is 0 Å². The van der Waals surface area contributed by atoms with Crippen molar-refractivity contribution < 1.29 is 4.79 Å². The Balaban J connectivity index is 2.01. The number of hydrogen-bond acceptors (Lipinski definition) is 2. The van der Waals surface area contributed by atoms with E-state index < -0.39 is 0 Å². The number of rotatable bonds is 3. The number of likely N-dealkylation sites (N-methyl/N-ethyl adjacent to an activating group) is 1. The van der Waals surface area contributed by atoms with E-state index in [-0.39, 0.29) is 12.5 Å². The zero-order valence-corrected chi connectivity index (χ0v) is 13.8. The molecule has 21 heavy (non-hydrogen) atoms. The second kappa shape index (κ2) is 7.66. The van der Waals surface area contributed by atoms with Crippen LogP contribution in [0.5, 0.6) is 0 Å². The summed E-state index contributed by atoms with van der Waals surface area (Å²) >= 11 is 0. The number of carbonyl (C=O) groups is 1. The molecular weight excluding hydrogens is 264 g/mol. The van der Waals surface area contributed by atoms with Crippen LogP contribution in [0.3, 0.4) is 0 Å². The van der Waals surface area contributed by atoms with Gasteiger partial charge in [-0.05, 0) is 31.6 Å². The minimum atomic E-state index is 0.0609. The summed E-state index contributed by atoms with van der Waals surface area (Å²) in [5, 5.41) is 3.61. The van der Waals surface area contributed by atoms with E-state index in [0.29, 0.717) is 12.0 Å². The first-order valence-corrected chi connectivity index (χ1v) is 8.32. The van der Waals surface area contributed by atoms with Crippen molar-refractivity contribution in [1.82, 2.24) is 15.1 Å². The fourth-order valence-electron chi connectivity index (χ4n) is 3.16. The first kappa shape index (κ1) is 16.1. The molecule has 1 atom stereocenters. The third kappa shape index (κ3) is 4.90. The Morgan fingerprint density at radius 2 is 1.95 bits per heavy atom. The lowest BCUT2D eigenvalue weighted by Crippen LogP contribution is -2.49. The zero-order chi connectivity index (χ0) is 15.2. The molecule has 0 aromatic rings. The quantitative estimate of drug-likeness (QED) is 0.636. The summed E-state index contributed by atoms with van der Waals surface area (Å²) in [5.74, 6) is 1.72. The molecule has 1 unspecified atom stereocenters. The van der Waals surface area contributed by atoms with Gasteiger partial charge < -0.3 is 15.1 Å². The lowest BCUT2D eigenvalue weighted by molar-refractivity contribution is -0.127. The monoisotopic (exact) mass is 294 g/mol. The highest BCUT2D eigenvalue weighted by molar-refractivity contribution is 5.85. The van der Waals surface area contributed by atoms with E-state index in [4.69, 9.17) is 0 Å². The maximum Gasteiger partial charge on any atom is 0.243 e. The normalized spacial score (nSPS) is 24.2. The molecule has 2 aliphatic rings. The van der Waals surface area contributed by atoms with E-state index in [2.05, 4.69) is 22.1 Å². The van der Waals surface area contributed by atoms with Gasteiger partial charge >= 0.3 is 0 Å². The lowest BCUT2D eigenvalue weighted by Gasteiger charge is -2.34. The summed E-state index contributed by atoms with van der Waals surface area (Å²) in [6, 6.07) is 0.537. The molecule has 0 aromatic heterocycles. The van der Waals surface area contributed by atoms with Gasteiger partial charge in [-0.15, -0.1) is 0 Å². The molecule has 1 saturated heterocycles. The van der Waals surface area contributed by atoms with Crippen LogP contribution in [0.25, 0.3) is 0 Å². The molecule has 120 valence electrons. The maximum atomic E-state index is 11.8. The van der Waals surface area contributed by atoms with E-state index >= 15 is 0 Å². The predicted molar refractivity (Wildman–Crippen MR) is 86.4 cm³/mol. The molecule has 0 aromatic carbocycles. The third-order valence-electron chi connectivity index (χ3n) is 4.51. The van der Waals surface area contributed by atoms with Gasteiger partial charge in [0.2, 0.25) is 5.91 Å². The highest BCUT2D eigenvalue weighted by Crippen LogP contribution is 2.20. The van der Waals surface area contributed by atoms with Gasteiger partial charge in [-0.2, -0.15) is 0 Å². The predicted octanol–water partition coefficient (Wildman–Crippen LogP) is 1.69. The van der Waals surface area contributed by atoms with Crippen LogP contribution in [-0.2, 0) is 4.79 Å². The Morgan fingerprint density at radius 3 is 2.57 bits per heavy atom. The average Bonchev–Trinajstić information content (AvgIpc) is 2.95. The lowest BCUT2D eigenvalue weighted by atomic mass is 10.0. The van der Waals surface area contributed by atoms with Gasteiger partial charge in [-0.3, -0.25) is 4.79 Å². The van der Waals surface area contributed by atoms with Crippen LogP contribution in [0.1, 0.15) is 45.4 Å². The highest BCUT2D eigenvalue weighted by Gasteiger charge is 2.23. The molecule has 0 bridgehead atoms. The molecular formula is C16H30N4O. The van der Waals surface area contributed by atoms with Crippen molar-refractivity contribution in [2.45, 2.75) is 51.5 Å². The summed E-state index contributed by atoms with van der Waals surface area (Å²) in [6.07, 6.45) is 7.57. The average molecular weight is 294 g/mol. The van der Waals surface area contributed by atoms with E-state index in [9.17, 15) is 4.79 Å². The molecule has 1 N–H and O–H groups in total. The Morgan fingerprint density at radius 1 is 1.24 bits per heavy atom. The van der Waals surface area contributed by atoms with E-state index in [1.165, 1.54) is 38.5 Å². The number of nitrogens with one attached hydrogen (secondary N) is 1. The number of aliphatic imine (C=N–C) groups is 1. The summed E-state index contributed by atoms with van der Waals surface area (Å²) in [7, 11) is 3.57. The fourth-order valence-corrected chi connectivity index (χ4v) is 3.16. The summed E-state index contributed by atoms with van der Waals surface area (Å²) in [6.45, 7) is 4.64. The second-order valence-electron chi connectivity index (χ2n) is 6.75. The van der Waals surface area contributed by atoms with E-state index in [1.807, 2.05) is 0 Å². The van der Waals surface area contributed by atoms with Gasteiger partial charge in [0.1, 0.15) is 6.54 Å². The first-order valence-electron chi connectivity index (χ1n) is 8.32. The van der Waals surface area contributed by atoms with Crippen molar-refractivity contribution in [1.29, 1.82) is 0 Å². The van der Waals surface area contributed by atoms with Crippen LogP contribution in [0, 0.1) is 5.92 Å². The van der Waals surface area contributed by atoms with Crippen molar-refractivity contribution in [3.63, 3.8) is 0 Å². The minimum Gasteiger partial charge on any atom is -0.353 e. The Kier molecular flexibility index (Phi) is 5.88. The van der Waals surface area contributed by atoms with Crippen molar-refractivity contribution >= 4 is 11.9 Å². The smallest absolute Gasteiger partial charge is 0.243 e. The Hall–Kier alpha value is -1.26. The molecule has 5 nitrogen and oxygen atoms in total. The molecule has 0 spiro atoms. The van der Waals surface area contributed by atoms with Crippen LogP contribution in [0.2, 0.25) is 0 Å². The van der Waals surface area contributed by atoms with Crippen molar-refractivity contribution in [2.75, 3.05) is 33.7 Å². The van der Waals surface area contributed by atoms with Gasteiger partial charge in [-0.1, -0.05) is 19.8 Å². The van der Waals surface area contributed by atoms with Crippen LogP contribution in [0.15, 0.2) is 4.99 Å². The largest absolute Gasteiger partial charge is 0.353 e.